The second kappa shape index (κ2) is 5.97. The Morgan fingerprint density at radius 2 is 2.25 bits per heavy atom. The molecule has 5 nitrogen and oxygen atoms in total. The Morgan fingerprint density at radius 1 is 1.50 bits per heavy atom. The van der Waals surface area contributed by atoms with Gasteiger partial charge in [0, 0.05) is 10.6 Å². The van der Waals surface area contributed by atoms with Gasteiger partial charge in [0.1, 0.15) is 12.1 Å². The molecule has 0 bridgehead atoms. The van der Waals surface area contributed by atoms with Crippen LogP contribution in [-0.2, 0) is 20.1 Å². The van der Waals surface area contributed by atoms with Crippen LogP contribution in [0.15, 0.2) is 17.5 Å². The second-order valence-electron chi connectivity index (χ2n) is 4.99. The van der Waals surface area contributed by atoms with Crippen LogP contribution in [0.1, 0.15) is 18.7 Å². The first-order chi connectivity index (χ1) is 9.41. The summed E-state index contributed by atoms with van der Waals surface area (Å²) in [5, 5.41) is 4.25. The molecule has 0 aromatic carbocycles. The third-order valence-corrected chi connectivity index (χ3v) is 5.16. The lowest BCUT2D eigenvalue weighted by Crippen LogP contribution is -2.65. The van der Waals surface area contributed by atoms with Crippen LogP contribution in [0.3, 0.4) is 0 Å². The summed E-state index contributed by atoms with van der Waals surface area (Å²) in [6.07, 6.45) is 0. The van der Waals surface area contributed by atoms with E-state index in [4.69, 9.17) is 0 Å². The first-order valence-corrected chi connectivity index (χ1v) is 8.19. The molecule has 20 heavy (non-hydrogen) atoms. The Balaban J connectivity index is 1.93. The van der Waals surface area contributed by atoms with Gasteiger partial charge in [0.05, 0.1) is 5.75 Å². The van der Waals surface area contributed by atoms with E-state index in [2.05, 4.69) is 5.32 Å². The zero-order chi connectivity index (χ0) is 14.8. The van der Waals surface area contributed by atoms with Crippen molar-refractivity contribution in [2.24, 2.45) is 0 Å². The van der Waals surface area contributed by atoms with E-state index in [1.807, 2.05) is 17.5 Å². The van der Waals surface area contributed by atoms with Crippen LogP contribution in [-0.4, -0.2) is 40.5 Å². The van der Waals surface area contributed by atoms with Gasteiger partial charge in [-0.15, -0.1) is 23.1 Å². The maximum atomic E-state index is 12.2. The zero-order valence-corrected chi connectivity index (χ0v) is 13.0. The number of thioether (sulfide) groups is 1. The van der Waals surface area contributed by atoms with Crippen LogP contribution in [0.4, 0.5) is 0 Å². The number of rotatable bonds is 4. The highest BCUT2D eigenvalue weighted by molar-refractivity contribution is 7.99. The number of hydrogen-bond acceptors (Lipinski definition) is 5. The van der Waals surface area contributed by atoms with E-state index in [1.165, 1.54) is 21.5 Å². The van der Waals surface area contributed by atoms with E-state index in [9.17, 15) is 14.4 Å². The van der Waals surface area contributed by atoms with Crippen molar-refractivity contribution < 1.29 is 14.4 Å². The van der Waals surface area contributed by atoms with Crippen molar-refractivity contribution in [3.8, 4) is 0 Å². The van der Waals surface area contributed by atoms with Gasteiger partial charge in [-0.05, 0) is 25.3 Å². The highest BCUT2D eigenvalue weighted by atomic mass is 32.2. The molecular weight excluding hydrogens is 296 g/mol. The summed E-state index contributed by atoms with van der Waals surface area (Å²) >= 11 is 3.14. The number of thiophene rings is 1. The van der Waals surface area contributed by atoms with Gasteiger partial charge in [-0.1, -0.05) is 6.07 Å². The van der Waals surface area contributed by atoms with E-state index >= 15 is 0 Å². The molecule has 7 heteroatoms. The van der Waals surface area contributed by atoms with Gasteiger partial charge < -0.3 is 4.90 Å². The Morgan fingerprint density at radius 3 is 2.90 bits per heavy atom. The Hall–Kier alpha value is -1.34. The lowest BCUT2D eigenvalue weighted by molar-refractivity contribution is -0.154. The van der Waals surface area contributed by atoms with Crippen LogP contribution < -0.4 is 5.32 Å². The van der Waals surface area contributed by atoms with Crippen LogP contribution in [0, 0.1) is 0 Å². The molecule has 2 rings (SSSR count). The summed E-state index contributed by atoms with van der Waals surface area (Å²) in [6, 6.07) is 3.99. The summed E-state index contributed by atoms with van der Waals surface area (Å²) in [5.74, 6) is -0.00395. The maximum absolute atomic E-state index is 12.2. The molecule has 0 aliphatic carbocycles. The van der Waals surface area contributed by atoms with Crippen LogP contribution in [0.2, 0.25) is 0 Å². The van der Waals surface area contributed by atoms with Crippen molar-refractivity contribution in [1.82, 2.24) is 10.2 Å². The second-order valence-corrected chi connectivity index (χ2v) is 7.01. The quantitative estimate of drug-likeness (QED) is 0.850. The van der Waals surface area contributed by atoms with Crippen molar-refractivity contribution >= 4 is 40.8 Å². The molecule has 108 valence electrons. The predicted molar refractivity (Wildman–Crippen MR) is 79.4 cm³/mol. The number of nitrogens with one attached hydrogen (secondary N) is 1. The lowest BCUT2D eigenvalue weighted by atomic mass is 9.99. The molecule has 0 atom stereocenters. The number of hydrogen-bond donors (Lipinski definition) is 1. The fourth-order valence-corrected chi connectivity index (χ4v) is 3.64. The first-order valence-electron chi connectivity index (χ1n) is 6.16. The highest BCUT2D eigenvalue weighted by Crippen LogP contribution is 2.22. The lowest BCUT2D eigenvalue weighted by Gasteiger charge is -2.40. The molecule has 0 saturated carbocycles. The predicted octanol–water partition coefficient (Wildman–Crippen LogP) is 1.24. The molecule has 0 unspecified atom stereocenters. The van der Waals surface area contributed by atoms with Crippen molar-refractivity contribution in [2.45, 2.75) is 25.1 Å². The first kappa shape index (κ1) is 15.1. The van der Waals surface area contributed by atoms with Gasteiger partial charge in [0.15, 0.2) is 0 Å². The molecule has 1 saturated heterocycles. The zero-order valence-electron chi connectivity index (χ0n) is 11.3. The highest BCUT2D eigenvalue weighted by Gasteiger charge is 2.43. The van der Waals surface area contributed by atoms with Gasteiger partial charge in [-0.25, -0.2) is 0 Å². The summed E-state index contributed by atoms with van der Waals surface area (Å²) < 4.78 is 0. The van der Waals surface area contributed by atoms with E-state index in [0.717, 1.165) is 5.75 Å². The molecule has 1 aliphatic heterocycles. The number of carbonyl (C=O) groups is 3. The molecule has 1 fully saturated rings. The summed E-state index contributed by atoms with van der Waals surface area (Å²) in [5.41, 5.74) is -0.978. The normalized spacial score (nSPS) is 18.0. The molecule has 1 N–H and O–H groups in total. The largest absolute Gasteiger partial charge is 0.318 e. The van der Waals surface area contributed by atoms with Gasteiger partial charge in [-0.2, -0.15) is 0 Å². The SMILES string of the molecule is CC1(C)C(=O)NC(=O)CN1C(=O)CSCc1cccs1. The molecular formula is C13H16N2O3S2. The van der Waals surface area contributed by atoms with Gasteiger partial charge >= 0.3 is 0 Å². The number of nitrogens with zero attached hydrogens (tertiary/aromatic N) is 1. The minimum absolute atomic E-state index is 0.0584. The van der Waals surface area contributed by atoms with E-state index < -0.39 is 17.4 Å². The molecule has 1 aromatic heterocycles. The smallest absolute Gasteiger partial charge is 0.252 e. The molecule has 3 amide bonds. The van der Waals surface area contributed by atoms with E-state index in [1.54, 1.807) is 25.2 Å². The third-order valence-electron chi connectivity index (χ3n) is 3.14. The minimum Gasteiger partial charge on any atom is -0.318 e. The average molecular weight is 312 g/mol. The fourth-order valence-electron chi connectivity index (χ4n) is 1.89. The van der Waals surface area contributed by atoms with Crippen molar-refractivity contribution in [3.05, 3.63) is 22.4 Å². The minimum atomic E-state index is -0.978. The van der Waals surface area contributed by atoms with Gasteiger partial charge in [-0.3, -0.25) is 19.7 Å². The number of imide groups is 1. The summed E-state index contributed by atoms with van der Waals surface area (Å²) in [4.78, 5) is 37.9. The van der Waals surface area contributed by atoms with Crippen molar-refractivity contribution in [1.29, 1.82) is 0 Å². The van der Waals surface area contributed by atoms with Crippen molar-refractivity contribution in [3.63, 3.8) is 0 Å². The Labute approximate surface area is 125 Å². The van der Waals surface area contributed by atoms with E-state index in [0.29, 0.717) is 0 Å². The van der Waals surface area contributed by atoms with Gasteiger partial charge in [0.25, 0.3) is 5.91 Å². The van der Waals surface area contributed by atoms with Crippen molar-refractivity contribution in [2.75, 3.05) is 12.3 Å². The average Bonchev–Trinajstić information content (AvgIpc) is 2.87. The standard InChI is InChI=1S/C13H16N2O3S2/c1-13(2)12(18)14-10(16)6-15(13)11(17)8-19-7-9-4-3-5-20-9/h3-5H,6-8H2,1-2H3,(H,14,16,18). The van der Waals surface area contributed by atoms with E-state index in [-0.39, 0.29) is 18.2 Å². The van der Waals surface area contributed by atoms with Gasteiger partial charge in [0.2, 0.25) is 11.8 Å². The number of amides is 3. The van der Waals surface area contributed by atoms with Crippen LogP contribution >= 0.6 is 23.1 Å². The molecule has 1 aliphatic rings. The summed E-state index contributed by atoms with van der Waals surface area (Å²) in [6.45, 7) is 3.24. The maximum Gasteiger partial charge on any atom is 0.252 e. The molecule has 0 radical (unpaired) electrons. The van der Waals surface area contributed by atoms with Crippen LogP contribution in [0.25, 0.3) is 0 Å². The molecule has 2 heterocycles. The molecule has 0 spiro atoms. The topological polar surface area (TPSA) is 66.5 Å². The monoisotopic (exact) mass is 312 g/mol. The number of piperazine rings is 1. The number of carbonyl (C=O) groups excluding carboxylic acids is 3. The fraction of sp³-hybridized carbons (Fsp3) is 0.462. The Bertz CT molecular complexity index is 526. The molecule has 1 aromatic rings. The van der Waals surface area contributed by atoms with Crippen LogP contribution in [0.5, 0.6) is 0 Å². The third kappa shape index (κ3) is 3.21. The Kier molecular flexibility index (Phi) is 4.49. The summed E-state index contributed by atoms with van der Waals surface area (Å²) in [7, 11) is 0.